The number of rotatable bonds is 4. The summed E-state index contributed by atoms with van der Waals surface area (Å²) in [6.07, 6.45) is 7.82. The van der Waals surface area contributed by atoms with Crippen LogP contribution in [0.25, 0.3) is 0 Å². The molecule has 0 aliphatic heterocycles. The zero-order chi connectivity index (χ0) is 14.1. The summed E-state index contributed by atoms with van der Waals surface area (Å²) < 4.78 is 6.27. The lowest BCUT2D eigenvalue weighted by Gasteiger charge is -2.31. The molecule has 0 saturated heterocycles. The van der Waals surface area contributed by atoms with Crippen LogP contribution < -0.4 is 4.43 Å². The van der Waals surface area contributed by atoms with Crippen LogP contribution in [0.5, 0.6) is 5.75 Å². The first kappa shape index (κ1) is 14.1. The summed E-state index contributed by atoms with van der Waals surface area (Å²) in [4.78, 5) is 0. The lowest BCUT2D eigenvalue weighted by Crippen LogP contribution is -2.31. The van der Waals surface area contributed by atoms with Crippen molar-refractivity contribution in [1.29, 1.82) is 0 Å². The smallest absolute Gasteiger partial charge is 0.242 e. The van der Waals surface area contributed by atoms with Crippen molar-refractivity contribution >= 4 is 8.32 Å². The Morgan fingerprint density at radius 3 is 2.37 bits per heavy atom. The molecular formula is C17H24OSi. The van der Waals surface area contributed by atoms with Gasteiger partial charge in [-0.2, -0.15) is 0 Å². The summed E-state index contributed by atoms with van der Waals surface area (Å²) in [5, 5.41) is 0. The predicted octanol–water partition coefficient (Wildman–Crippen LogP) is 5.06. The molecule has 0 amide bonds. The first-order chi connectivity index (χ1) is 8.81. The topological polar surface area (TPSA) is 9.23 Å². The lowest BCUT2D eigenvalue weighted by molar-refractivity contribution is 0.522. The van der Waals surface area contributed by atoms with E-state index in [0.29, 0.717) is 0 Å². The van der Waals surface area contributed by atoms with Crippen molar-refractivity contribution in [2.45, 2.75) is 45.3 Å². The van der Waals surface area contributed by atoms with Crippen molar-refractivity contribution in [3.05, 3.63) is 53.6 Å². The van der Waals surface area contributed by atoms with Crippen LogP contribution in [0.2, 0.25) is 19.6 Å². The summed E-state index contributed by atoms with van der Waals surface area (Å²) in [7, 11) is -1.59. The second kappa shape index (κ2) is 5.01. The van der Waals surface area contributed by atoms with Crippen LogP contribution in [0.1, 0.15) is 25.8 Å². The molecule has 0 spiro atoms. The van der Waals surface area contributed by atoms with E-state index >= 15 is 0 Å². The van der Waals surface area contributed by atoms with Gasteiger partial charge in [-0.25, -0.2) is 0 Å². The van der Waals surface area contributed by atoms with Crippen molar-refractivity contribution < 1.29 is 4.43 Å². The minimum atomic E-state index is -1.59. The highest BCUT2D eigenvalue weighted by molar-refractivity contribution is 6.70. The second-order valence-corrected chi connectivity index (χ2v) is 11.1. The van der Waals surface area contributed by atoms with Crippen LogP contribution in [-0.2, 0) is 5.41 Å². The number of para-hydroxylation sites is 1. The van der Waals surface area contributed by atoms with Crippen LogP contribution in [0.15, 0.2) is 48.1 Å². The first-order valence-corrected chi connectivity index (χ1v) is 10.4. The van der Waals surface area contributed by atoms with Crippen LogP contribution in [0.4, 0.5) is 0 Å². The summed E-state index contributed by atoms with van der Waals surface area (Å²) in [5.41, 5.74) is 2.68. The summed E-state index contributed by atoms with van der Waals surface area (Å²) in [6, 6.07) is 8.47. The van der Waals surface area contributed by atoms with E-state index in [1.54, 1.807) is 0 Å². The molecule has 0 aromatic heterocycles. The molecule has 0 heterocycles. The van der Waals surface area contributed by atoms with Gasteiger partial charge >= 0.3 is 0 Å². The van der Waals surface area contributed by atoms with Crippen molar-refractivity contribution in [1.82, 2.24) is 0 Å². The minimum absolute atomic E-state index is 0.00322. The normalized spacial score (nSPS) is 15.5. The van der Waals surface area contributed by atoms with Gasteiger partial charge in [-0.05, 0) is 37.7 Å². The van der Waals surface area contributed by atoms with Gasteiger partial charge in [0.15, 0.2) is 0 Å². The van der Waals surface area contributed by atoms with Crippen molar-refractivity contribution in [2.75, 3.05) is 0 Å². The molecule has 0 saturated carbocycles. The molecule has 1 aromatic rings. The van der Waals surface area contributed by atoms with Crippen LogP contribution in [0.3, 0.4) is 0 Å². The molecule has 1 aromatic carbocycles. The maximum absolute atomic E-state index is 6.27. The maximum Gasteiger partial charge on any atom is 0.242 e. The van der Waals surface area contributed by atoms with Gasteiger partial charge in [-0.1, -0.05) is 50.3 Å². The van der Waals surface area contributed by atoms with E-state index in [-0.39, 0.29) is 5.41 Å². The summed E-state index contributed by atoms with van der Waals surface area (Å²) in [6.45, 7) is 11.2. The Kier molecular flexibility index (Phi) is 3.72. The molecule has 2 heteroatoms. The molecule has 0 radical (unpaired) electrons. The summed E-state index contributed by atoms with van der Waals surface area (Å²) in [5.74, 6) is 1.05. The molecule has 19 heavy (non-hydrogen) atoms. The van der Waals surface area contributed by atoms with Crippen LogP contribution in [0, 0.1) is 0 Å². The third kappa shape index (κ3) is 3.18. The first-order valence-electron chi connectivity index (χ1n) is 6.96. The highest BCUT2D eigenvalue weighted by atomic mass is 28.4. The largest absolute Gasteiger partial charge is 0.544 e. The molecule has 102 valence electrons. The Bertz CT molecular complexity index is 518. The molecule has 0 bridgehead atoms. The molecule has 0 atom stereocenters. The Hall–Kier alpha value is -1.28. The fourth-order valence-electron chi connectivity index (χ4n) is 2.48. The Morgan fingerprint density at radius 1 is 1.11 bits per heavy atom. The van der Waals surface area contributed by atoms with Gasteiger partial charge in [0.2, 0.25) is 8.32 Å². The third-order valence-electron chi connectivity index (χ3n) is 3.47. The molecule has 0 unspecified atom stereocenters. The van der Waals surface area contributed by atoms with Gasteiger partial charge in [-0.15, -0.1) is 0 Å². The van der Waals surface area contributed by atoms with E-state index in [9.17, 15) is 0 Å². The maximum atomic E-state index is 6.27. The highest BCUT2D eigenvalue weighted by Crippen LogP contribution is 2.40. The van der Waals surface area contributed by atoms with Crippen molar-refractivity contribution in [2.24, 2.45) is 0 Å². The number of hydrogen-bond acceptors (Lipinski definition) is 1. The molecule has 1 nitrogen and oxygen atoms in total. The average molecular weight is 272 g/mol. The lowest BCUT2D eigenvalue weighted by atomic mass is 9.77. The van der Waals surface area contributed by atoms with Crippen molar-refractivity contribution in [3.63, 3.8) is 0 Å². The second-order valence-electron chi connectivity index (χ2n) is 6.63. The Morgan fingerprint density at radius 2 is 1.79 bits per heavy atom. The van der Waals surface area contributed by atoms with E-state index in [1.165, 1.54) is 11.1 Å². The Labute approximate surface area is 118 Å². The van der Waals surface area contributed by atoms with Gasteiger partial charge in [0, 0.05) is 11.0 Å². The van der Waals surface area contributed by atoms with Gasteiger partial charge in [0.25, 0.3) is 0 Å². The molecule has 0 N–H and O–H groups in total. The van der Waals surface area contributed by atoms with E-state index in [1.807, 2.05) is 0 Å². The quantitative estimate of drug-likeness (QED) is 0.696. The van der Waals surface area contributed by atoms with Crippen LogP contribution >= 0.6 is 0 Å². The molecule has 1 aliphatic carbocycles. The Balaban J connectivity index is 2.42. The molecule has 2 rings (SSSR count). The van der Waals surface area contributed by atoms with E-state index in [2.05, 4.69) is 76.0 Å². The fraction of sp³-hybridized carbons (Fsp3) is 0.412. The van der Waals surface area contributed by atoms with Gasteiger partial charge in [-0.3, -0.25) is 0 Å². The zero-order valence-corrected chi connectivity index (χ0v) is 13.7. The molecular weight excluding hydrogens is 248 g/mol. The third-order valence-corrected chi connectivity index (χ3v) is 4.30. The monoisotopic (exact) mass is 272 g/mol. The number of benzene rings is 1. The van der Waals surface area contributed by atoms with E-state index in [4.69, 9.17) is 4.43 Å². The highest BCUT2D eigenvalue weighted by Gasteiger charge is 2.29. The van der Waals surface area contributed by atoms with Gasteiger partial charge in [0.05, 0.1) is 0 Å². The predicted molar refractivity (Wildman–Crippen MR) is 85.3 cm³/mol. The van der Waals surface area contributed by atoms with Crippen molar-refractivity contribution in [3.8, 4) is 5.75 Å². The SMILES string of the molecule is CC(C)(C1=CCC=C1)c1ccccc1O[Si](C)(C)C. The number of hydrogen-bond donors (Lipinski definition) is 0. The van der Waals surface area contributed by atoms with Gasteiger partial charge < -0.3 is 4.43 Å². The van der Waals surface area contributed by atoms with E-state index in [0.717, 1.165) is 12.2 Å². The molecule has 1 aliphatic rings. The van der Waals surface area contributed by atoms with E-state index < -0.39 is 8.32 Å². The average Bonchev–Trinajstić information content (AvgIpc) is 2.81. The minimum Gasteiger partial charge on any atom is -0.544 e. The van der Waals surface area contributed by atoms with Crippen LogP contribution in [-0.4, -0.2) is 8.32 Å². The molecule has 0 fully saturated rings. The number of allylic oxidation sites excluding steroid dienone is 4. The zero-order valence-electron chi connectivity index (χ0n) is 12.7. The van der Waals surface area contributed by atoms with Gasteiger partial charge in [0.1, 0.15) is 5.75 Å². The standard InChI is InChI=1S/C17H24OSi/c1-17(2,14-10-6-7-11-14)15-12-8-9-13-16(15)18-19(3,4)5/h6,8-13H,7H2,1-5H3. The fourth-order valence-corrected chi connectivity index (χ4v) is 3.32. The summed E-state index contributed by atoms with van der Waals surface area (Å²) >= 11 is 0.